The number of hydrogen-bond acceptors (Lipinski definition) is 3. The van der Waals surface area contributed by atoms with E-state index in [1.54, 1.807) is 31.2 Å². The highest BCUT2D eigenvalue weighted by molar-refractivity contribution is 6.02. The zero-order valence-electron chi connectivity index (χ0n) is 15.4. The van der Waals surface area contributed by atoms with E-state index in [9.17, 15) is 14.4 Å². The lowest BCUT2D eigenvalue weighted by atomic mass is 10.0. The van der Waals surface area contributed by atoms with E-state index in [2.05, 4.69) is 15.6 Å². The first kappa shape index (κ1) is 19.4. The molecule has 0 spiro atoms. The molecule has 0 bridgehead atoms. The van der Waals surface area contributed by atoms with Crippen molar-refractivity contribution in [3.8, 4) is 0 Å². The van der Waals surface area contributed by atoms with Crippen molar-refractivity contribution in [2.45, 2.75) is 33.6 Å². The summed E-state index contributed by atoms with van der Waals surface area (Å²) in [6.45, 7) is 5.94. The Morgan fingerprint density at radius 2 is 1.62 bits per heavy atom. The minimum Gasteiger partial charge on any atom is -0.354 e. The van der Waals surface area contributed by atoms with E-state index in [0.29, 0.717) is 42.0 Å². The summed E-state index contributed by atoms with van der Waals surface area (Å²) in [5.74, 6) is -0.490. The Morgan fingerprint density at radius 1 is 1.00 bits per heavy atom. The summed E-state index contributed by atoms with van der Waals surface area (Å²) in [4.78, 5) is 39.3. The summed E-state index contributed by atoms with van der Waals surface area (Å²) in [6, 6.07) is 8.91. The van der Waals surface area contributed by atoms with Crippen molar-refractivity contribution >= 4 is 17.6 Å². The second-order valence-corrected chi connectivity index (χ2v) is 6.16. The molecule has 0 aliphatic heterocycles. The van der Waals surface area contributed by atoms with Gasteiger partial charge in [0.25, 0.3) is 11.8 Å². The maximum absolute atomic E-state index is 12.5. The molecule has 0 atom stereocenters. The third-order valence-electron chi connectivity index (χ3n) is 4.10. The molecule has 26 heavy (non-hydrogen) atoms. The normalized spacial score (nSPS) is 10.4. The van der Waals surface area contributed by atoms with Crippen LogP contribution in [-0.2, 0) is 6.42 Å². The van der Waals surface area contributed by atoms with Gasteiger partial charge in [0.15, 0.2) is 5.78 Å². The lowest BCUT2D eigenvalue weighted by Gasteiger charge is -2.08. The number of aryl methyl sites for hydroxylation is 1. The van der Waals surface area contributed by atoms with Crippen molar-refractivity contribution < 1.29 is 14.4 Å². The predicted molar refractivity (Wildman–Crippen MR) is 101 cm³/mol. The SMILES string of the molecule is CCCc1c(C(=O)NCCNC(=O)c2ccccc2)[nH]c(C)c1C(C)=O. The van der Waals surface area contributed by atoms with Crippen LogP contribution >= 0.6 is 0 Å². The number of benzene rings is 1. The van der Waals surface area contributed by atoms with Crippen LogP contribution in [0, 0.1) is 6.92 Å². The summed E-state index contributed by atoms with van der Waals surface area (Å²) in [5, 5.41) is 5.55. The highest BCUT2D eigenvalue weighted by Crippen LogP contribution is 2.21. The van der Waals surface area contributed by atoms with Crippen molar-refractivity contribution in [1.29, 1.82) is 0 Å². The summed E-state index contributed by atoms with van der Waals surface area (Å²) in [5.41, 5.74) is 3.10. The highest BCUT2D eigenvalue weighted by Gasteiger charge is 2.21. The van der Waals surface area contributed by atoms with Gasteiger partial charge in [0, 0.05) is 29.9 Å². The predicted octanol–water partition coefficient (Wildman–Crippen LogP) is 2.64. The molecule has 0 aliphatic carbocycles. The Labute approximate surface area is 153 Å². The molecule has 0 aliphatic rings. The van der Waals surface area contributed by atoms with Crippen LogP contribution in [0.3, 0.4) is 0 Å². The highest BCUT2D eigenvalue weighted by atomic mass is 16.2. The van der Waals surface area contributed by atoms with Crippen LogP contribution < -0.4 is 10.6 Å². The Hall–Kier alpha value is -2.89. The van der Waals surface area contributed by atoms with E-state index >= 15 is 0 Å². The molecule has 1 heterocycles. The molecule has 3 N–H and O–H groups in total. The Bertz CT molecular complexity index is 794. The molecule has 6 nitrogen and oxygen atoms in total. The van der Waals surface area contributed by atoms with Crippen LogP contribution in [0.25, 0.3) is 0 Å². The van der Waals surface area contributed by atoms with Gasteiger partial charge in [-0.1, -0.05) is 31.5 Å². The molecule has 0 radical (unpaired) electrons. The van der Waals surface area contributed by atoms with Gasteiger partial charge in [-0.2, -0.15) is 0 Å². The number of aromatic nitrogens is 1. The van der Waals surface area contributed by atoms with Gasteiger partial charge in [-0.15, -0.1) is 0 Å². The van der Waals surface area contributed by atoms with Crippen molar-refractivity contribution in [3.05, 3.63) is 58.4 Å². The molecule has 6 heteroatoms. The molecular formula is C20H25N3O3. The molecular weight excluding hydrogens is 330 g/mol. The van der Waals surface area contributed by atoms with Crippen molar-refractivity contribution in [3.63, 3.8) is 0 Å². The molecule has 2 rings (SSSR count). The topological polar surface area (TPSA) is 91.1 Å². The zero-order chi connectivity index (χ0) is 19.1. The van der Waals surface area contributed by atoms with E-state index in [-0.39, 0.29) is 17.6 Å². The number of carbonyl (C=O) groups is 3. The lowest BCUT2D eigenvalue weighted by molar-refractivity contribution is 0.0924. The fourth-order valence-electron chi connectivity index (χ4n) is 2.98. The van der Waals surface area contributed by atoms with Gasteiger partial charge in [0.2, 0.25) is 0 Å². The standard InChI is InChI=1S/C20H25N3O3/c1-4-8-16-17(14(3)24)13(2)23-18(16)20(26)22-12-11-21-19(25)15-9-6-5-7-10-15/h5-7,9-10,23H,4,8,11-12H2,1-3H3,(H,21,25)(H,22,26). The number of Topliss-reactive ketones (excluding diaryl/α,β-unsaturated/α-hetero) is 1. The first-order valence-corrected chi connectivity index (χ1v) is 8.79. The number of amides is 2. The number of rotatable bonds is 8. The molecule has 0 unspecified atom stereocenters. The Balaban J connectivity index is 1.95. The monoisotopic (exact) mass is 355 g/mol. The number of aromatic amines is 1. The van der Waals surface area contributed by atoms with Crippen LogP contribution in [0.15, 0.2) is 30.3 Å². The third kappa shape index (κ3) is 4.59. The van der Waals surface area contributed by atoms with Gasteiger partial charge in [-0.05, 0) is 38.0 Å². The fraction of sp³-hybridized carbons (Fsp3) is 0.350. The zero-order valence-corrected chi connectivity index (χ0v) is 15.4. The number of H-pyrrole nitrogens is 1. The molecule has 1 aromatic heterocycles. The second-order valence-electron chi connectivity index (χ2n) is 6.16. The smallest absolute Gasteiger partial charge is 0.268 e. The van der Waals surface area contributed by atoms with Gasteiger partial charge in [0.05, 0.1) is 0 Å². The first-order valence-electron chi connectivity index (χ1n) is 8.79. The summed E-state index contributed by atoms with van der Waals surface area (Å²) >= 11 is 0. The number of hydrogen-bond donors (Lipinski definition) is 3. The number of carbonyl (C=O) groups excluding carboxylic acids is 3. The van der Waals surface area contributed by atoms with Crippen LogP contribution in [-0.4, -0.2) is 35.7 Å². The van der Waals surface area contributed by atoms with Crippen LogP contribution in [0.4, 0.5) is 0 Å². The van der Waals surface area contributed by atoms with Crippen LogP contribution in [0.5, 0.6) is 0 Å². The van der Waals surface area contributed by atoms with Gasteiger partial charge >= 0.3 is 0 Å². The Morgan fingerprint density at radius 3 is 2.19 bits per heavy atom. The molecule has 0 fully saturated rings. The Kier molecular flexibility index (Phi) is 6.72. The molecule has 2 aromatic rings. The van der Waals surface area contributed by atoms with Crippen molar-refractivity contribution in [2.75, 3.05) is 13.1 Å². The summed E-state index contributed by atoms with van der Waals surface area (Å²) in [7, 11) is 0. The van der Waals surface area contributed by atoms with Gasteiger partial charge in [-0.3, -0.25) is 14.4 Å². The molecule has 0 saturated heterocycles. The molecule has 1 aromatic carbocycles. The second kappa shape index (κ2) is 8.99. The van der Waals surface area contributed by atoms with Crippen LogP contribution in [0.2, 0.25) is 0 Å². The van der Waals surface area contributed by atoms with E-state index in [0.717, 1.165) is 12.0 Å². The fourth-order valence-corrected chi connectivity index (χ4v) is 2.98. The average molecular weight is 355 g/mol. The molecule has 138 valence electrons. The summed E-state index contributed by atoms with van der Waals surface area (Å²) < 4.78 is 0. The van der Waals surface area contributed by atoms with Crippen LogP contribution in [0.1, 0.15) is 62.7 Å². The largest absolute Gasteiger partial charge is 0.354 e. The van der Waals surface area contributed by atoms with Gasteiger partial charge in [0.1, 0.15) is 5.69 Å². The van der Waals surface area contributed by atoms with Gasteiger partial charge < -0.3 is 15.6 Å². The summed E-state index contributed by atoms with van der Waals surface area (Å²) in [6.07, 6.45) is 1.50. The van der Waals surface area contributed by atoms with E-state index < -0.39 is 0 Å². The number of ketones is 1. The lowest BCUT2D eigenvalue weighted by Crippen LogP contribution is -2.35. The van der Waals surface area contributed by atoms with Crippen molar-refractivity contribution in [2.24, 2.45) is 0 Å². The minimum absolute atomic E-state index is 0.0450. The minimum atomic E-state index is -0.266. The number of nitrogens with one attached hydrogen (secondary N) is 3. The maximum Gasteiger partial charge on any atom is 0.268 e. The van der Waals surface area contributed by atoms with E-state index in [1.807, 2.05) is 13.0 Å². The van der Waals surface area contributed by atoms with E-state index in [4.69, 9.17) is 0 Å². The van der Waals surface area contributed by atoms with E-state index in [1.165, 1.54) is 6.92 Å². The molecule has 2 amide bonds. The quantitative estimate of drug-likeness (QED) is 0.502. The molecule has 0 saturated carbocycles. The van der Waals surface area contributed by atoms with Gasteiger partial charge in [-0.25, -0.2) is 0 Å². The maximum atomic E-state index is 12.5. The van der Waals surface area contributed by atoms with Crippen molar-refractivity contribution in [1.82, 2.24) is 15.6 Å². The average Bonchev–Trinajstić information content (AvgIpc) is 2.96. The first-order chi connectivity index (χ1) is 12.5. The third-order valence-corrected chi connectivity index (χ3v) is 4.10.